The summed E-state index contributed by atoms with van der Waals surface area (Å²) in [5.74, 6) is 0. The van der Waals surface area contributed by atoms with Gasteiger partial charge in [-0.2, -0.15) is 5.10 Å². The van der Waals surface area contributed by atoms with E-state index in [0.717, 1.165) is 0 Å². The largest absolute Gasteiger partial charge is 0.364 e. The van der Waals surface area contributed by atoms with Crippen LogP contribution >= 0.6 is 0 Å². The number of aryl methyl sites for hydroxylation is 1. The first-order valence-corrected chi connectivity index (χ1v) is 15.4. The van der Waals surface area contributed by atoms with E-state index in [0.29, 0.717) is 0 Å². The molecular weight excluding hydrogens is 498 g/mol. The molecule has 3 heteroatoms. The van der Waals surface area contributed by atoms with Gasteiger partial charge in [-0.3, -0.25) is 4.68 Å². The Morgan fingerprint density at radius 3 is 1.15 bits per heavy atom. The van der Waals surface area contributed by atoms with Crippen molar-refractivity contribution in [3.05, 3.63) is 76.4 Å². The monoisotopic (exact) mass is 564 g/mol. The molecule has 2 aromatic heterocycles. The van der Waals surface area contributed by atoms with Crippen molar-refractivity contribution in [3.8, 4) is 0 Å². The van der Waals surface area contributed by atoms with E-state index in [1.165, 1.54) is 33.6 Å². The molecule has 0 aliphatic heterocycles. The summed E-state index contributed by atoms with van der Waals surface area (Å²) in [6.45, 7) is 40.5. The van der Waals surface area contributed by atoms with Gasteiger partial charge in [0.2, 0.25) is 0 Å². The van der Waals surface area contributed by atoms with Crippen LogP contribution in [0.25, 0.3) is 0 Å². The number of nitrogens with zero attached hydrogens (tertiary/aromatic N) is 2. The van der Waals surface area contributed by atoms with Crippen LogP contribution in [0.15, 0.2) is 42.7 Å². The van der Waals surface area contributed by atoms with Gasteiger partial charge >= 0.3 is 0 Å². The summed E-state index contributed by atoms with van der Waals surface area (Å²) in [5.41, 5.74) is 9.53. The predicted octanol–water partition coefficient (Wildman–Crippen LogP) is 10.9. The lowest BCUT2D eigenvalue weighted by molar-refractivity contribution is 0.517. The summed E-state index contributed by atoms with van der Waals surface area (Å²) in [4.78, 5) is 3.35. The van der Waals surface area contributed by atoms with Gasteiger partial charge in [-0.1, -0.05) is 149 Å². The molecule has 232 valence electrons. The molecular formula is C38H65N3. The first-order chi connectivity index (χ1) is 18.1. The number of aromatic nitrogens is 3. The van der Waals surface area contributed by atoms with E-state index in [9.17, 15) is 0 Å². The maximum Gasteiger partial charge on any atom is 0.0715 e. The molecule has 0 atom stereocenters. The van der Waals surface area contributed by atoms with Crippen molar-refractivity contribution in [2.24, 2.45) is 7.05 Å². The first kappa shape index (κ1) is 36.7. The van der Waals surface area contributed by atoms with E-state index in [1.807, 2.05) is 17.9 Å². The fraction of sp³-hybridized carbons (Fsp3) is 0.658. The van der Waals surface area contributed by atoms with E-state index in [4.69, 9.17) is 0 Å². The fourth-order valence-corrected chi connectivity index (χ4v) is 5.00. The Bertz CT molecular complexity index is 1130. The standard InChI is InChI=1S/C14H22.C12H22N2.C12H21N/c1-13(2,3)11-9-7-8-10-12(11)14(4,5)6;1-11(2,3)9-8-14(7)13-10(9)12(4,5)6;1-11(2,3)9-7-8-13-10(9)12(4,5)6/h7-10H,1-6H3;8H,1-7H3;7-8,13H,1-6H3. The first-order valence-electron chi connectivity index (χ1n) is 15.4. The zero-order valence-corrected chi connectivity index (χ0v) is 30.4. The third-order valence-electron chi connectivity index (χ3n) is 7.20. The average molecular weight is 564 g/mol. The van der Waals surface area contributed by atoms with Crippen LogP contribution in [0.4, 0.5) is 0 Å². The Morgan fingerprint density at radius 1 is 0.488 bits per heavy atom. The average Bonchev–Trinajstić information content (AvgIpc) is 3.40. The van der Waals surface area contributed by atoms with Crippen LogP contribution in [-0.2, 0) is 39.5 Å². The molecule has 3 aromatic rings. The zero-order chi connectivity index (χ0) is 32.4. The van der Waals surface area contributed by atoms with Crippen molar-refractivity contribution in [3.63, 3.8) is 0 Å². The van der Waals surface area contributed by atoms with Crippen molar-refractivity contribution in [1.82, 2.24) is 14.8 Å². The molecule has 0 fully saturated rings. The topological polar surface area (TPSA) is 33.6 Å². The molecule has 41 heavy (non-hydrogen) atoms. The van der Waals surface area contributed by atoms with Gasteiger partial charge in [-0.05, 0) is 50.0 Å². The van der Waals surface area contributed by atoms with E-state index in [-0.39, 0.29) is 32.5 Å². The lowest BCUT2D eigenvalue weighted by Crippen LogP contribution is -2.21. The molecule has 0 aliphatic rings. The second-order valence-corrected chi connectivity index (χ2v) is 17.9. The highest BCUT2D eigenvalue weighted by molar-refractivity contribution is 5.37. The minimum absolute atomic E-state index is 0.129. The van der Waals surface area contributed by atoms with Crippen molar-refractivity contribution in [2.75, 3.05) is 0 Å². The summed E-state index contributed by atoms with van der Waals surface area (Å²) < 4.78 is 1.92. The van der Waals surface area contributed by atoms with E-state index >= 15 is 0 Å². The number of nitrogens with one attached hydrogen (secondary N) is 1. The second-order valence-electron chi connectivity index (χ2n) is 17.9. The van der Waals surface area contributed by atoms with Crippen LogP contribution in [0.3, 0.4) is 0 Å². The minimum atomic E-state index is 0.129. The molecule has 0 amide bonds. The number of benzene rings is 1. The third kappa shape index (κ3) is 10.8. The molecule has 3 nitrogen and oxygen atoms in total. The summed E-state index contributed by atoms with van der Waals surface area (Å²) in [7, 11) is 1.99. The van der Waals surface area contributed by atoms with Crippen LogP contribution in [0.1, 0.15) is 158 Å². The Kier molecular flexibility index (Phi) is 11.2. The van der Waals surface area contributed by atoms with Crippen LogP contribution in [-0.4, -0.2) is 14.8 Å². The van der Waals surface area contributed by atoms with Crippen molar-refractivity contribution in [2.45, 2.75) is 157 Å². The number of aromatic amines is 1. The summed E-state index contributed by atoms with van der Waals surface area (Å²) in [6, 6.07) is 11.0. The summed E-state index contributed by atoms with van der Waals surface area (Å²) in [6.07, 6.45) is 4.18. The number of rotatable bonds is 0. The van der Waals surface area contributed by atoms with Crippen LogP contribution < -0.4 is 0 Å². The highest BCUT2D eigenvalue weighted by atomic mass is 15.3. The second kappa shape index (κ2) is 12.5. The van der Waals surface area contributed by atoms with Crippen molar-refractivity contribution >= 4 is 0 Å². The van der Waals surface area contributed by atoms with Gasteiger partial charge in [0.15, 0.2) is 0 Å². The predicted molar refractivity (Wildman–Crippen MR) is 183 cm³/mol. The molecule has 0 radical (unpaired) electrons. The smallest absolute Gasteiger partial charge is 0.0715 e. The van der Waals surface area contributed by atoms with E-state index < -0.39 is 0 Å². The maximum absolute atomic E-state index is 4.57. The fourth-order valence-electron chi connectivity index (χ4n) is 5.00. The van der Waals surface area contributed by atoms with E-state index in [1.54, 1.807) is 0 Å². The minimum Gasteiger partial charge on any atom is -0.364 e. The van der Waals surface area contributed by atoms with Crippen LogP contribution in [0.2, 0.25) is 0 Å². The third-order valence-corrected chi connectivity index (χ3v) is 7.20. The molecule has 0 saturated heterocycles. The molecule has 0 bridgehead atoms. The molecule has 0 unspecified atom stereocenters. The van der Waals surface area contributed by atoms with E-state index in [2.05, 4.69) is 171 Å². The highest BCUT2D eigenvalue weighted by Gasteiger charge is 2.28. The zero-order valence-electron chi connectivity index (χ0n) is 30.4. The van der Waals surface area contributed by atoms with Crippen molar-refractivity contribution < 1.29 is 0 Å². The molecule has 0 saturated carbocycles. The molecule has 1 N–H and O–H groups in total. The normalized spacial score (nSPS) is 13.2. The maximum atomic E-state index is 4.57. The van der Waals surface area contributed by atoms with Gasteiger partial charge in [0.25, 0.3) is 0 Å². The van der Waals surface area contributed by atoms with Gasteiger partial charge in [0.05, 0.1) is 5.69 Å². The Hall–Kier alpha value is -2.29. The highest BCUT2D eigenvalue weighted by Crippen LogP contribution is 2.34. The van der Waals surface area contributed by atoms with Gasteiger partial charge in [0.1, 0.15) is 0 Å². The Balaban J connectivity index is 0.000000308. The van der Waals surface area contributed by atoms with Crippen molar-refractivity contribution in [1.29, 1.82) is 0 Å². The number of H-pyrrole nitrogens is 1. The molecule has 2 heterocycles. The molecule has 3 rings (SSSR count). The molecule has 0 aliphatic carbocycles. The SMILES string of the molecule is CC(C)(C)c1cc[nH]c1C(C)(C)C.CC(C)(C)c1ccccc1C(C)(C)C.Cn1cc(C(C)(C)C)c(C(C)(C)C)n1. The molecule has 1 aromatic carbocycles. The quantitative estimate of drug-likeness (QED) is 0.290. The van der Waals surface area contributed by atoms with Crippen LogP contribution in [0.5, 0.6) is 0 Å². The lowest BCUT2D eigenvalue weighted by Gasteiger charge is -2.29. The summed E-state index contributed by atoms with van der Waals surface area (Å²) in [5, 5.41) is 4.57. The van der Waals surface area contributed by atoms with Gasteiger partial charge in [-0.25, -0.2) is 0 Å². The van der Waals surface area contributed by atoms with Gasteiger partial charge in [0, 0.05) is 36.0 Å². The lowest BCUT2D eigenvalue weighted by atomic mass is 9.75. The number of hydrogen-bond acceptors (Lipinski definition) is 1. The number of hydrogen-bond donors (Lipinski definition) is 1. The van der Waals surface area contributed by atoms with Gasteiger partial charge < -0.3 is 4.98 Å². The van der Waals surface area contributed by atoms with Crippen LogP contribution in [0, 0.1) is 0 Å². The van der Waals surface area contributed by atoms with Gasteiger partial charge in [-0.15, -0.1) is 0 Å². The Morgan fingerprint density at radius 2 is 0.878 bits per heavy atom. The Labute approximate surface area is 254 Å². The summed E-state index contributed by atoms with van der Waals surface area (Å²) >= 11 is 0. The molecule has 0 spiro atoms.